The van der Waals surface area contributed by atoms with Gasteiger partial charge in [-0.2, -0.15) is 13.2 Å². The smallest absolute Gasteiger partial charge is 0.419 e. The van der Waals surface area contributed by atoms with E-state index in [4.69, 9.17) is 4.74 Å². The fourth-order valence-corrected chi connectivity index (χ4v) is 2.88. The average molecular weight is 345 g/mol. The van der Waals surface area contributed by atoms with Gasteiger partial charge in [0.15, 0.2) is 6.10 Å². The minimum absolute atomic E-state index is 0.187. The molecule has 3 unspecified atom stereocenters. The lowest BCUT2D eigenvalue weighted by Gasteiger charge is -2.26. The first-order chi connectivity index (χ1) is 11.3. The quantitative estimate of drug-likeness (QED) is 0.862. The van der Waals surface area contributed by atoms with Crippen LogP contribution in [0, 0.1) is 5.92 Å². The van der Waals surface area contributed by atoms with E-state index >= 15 is 0 Å². The zero-order valence-corrected chi connectivity index (χ0v) is 13.5. The summed E-state index contributed by atoms with van der Waals surface area (Å²) in [5, 5.41) is 12.3. The van der Waals surface area contributed by atoms with Gasteiger partial charge < -0.3 is 15.2 Å². The number of aliphatic hydroxyl groups is 1. The van der Waals surface area contributed by atoms with Crippen LogP contribution in [0.5, 0.6) is 5.75 Å². The van der Waals surface area contributed by atoms with Gasteiger partial charge in [-0.1, -0.05) is 18.6 Å². The molecule has 0 aliphatic heterocycles. The molecule has 24 heavy (non-hydrogen) atoms. The van der Waals surface area contributed by atoms with E-state index in [1.165, 1.54) is 25.1 Å². The molecule has 1 saturated carbocycles. The van der Waals surface area contributed by atoms with E-state index in [-0.39, 0.29) is 17.8 Å². The van der Waals surface area contributed by atoms with Crippen LogP contribution < -0.4 is 10.1 Å². The number of ether oxygens (including phenoxy) is 1. The number of halogens is 3. The molecule has 0 radical (unpaired) electrons. The second-order valence-corrected chi connectivity index (χ2v) is 6.19. The largest absolute Gasteiger partial charge is 0.480 e. The number of hydrogen-bond acceptors (Lipinski definition) is 3. The van der Waals surface area contributed by atoms with E-state index in [0.29, 0.717) is 13.0 Å². The first-order valence-electron chi connectivity index (χ1n) is 8.06. The Morgan fingerprint density at radius 1 is 1.38 bits per heavy atom. The van der Waals surface area contributed by atoms with Crippen molar-refractivity contribution in [3.63, 3.8) is 0 Å². The molecule has 3 atom stereocenters. The Labute approximate surface area is 139 Å². The number of carbonyl (C=O) groups excluding carboxylic acids is 1. The monoisotopic (exact) mass is 345 g/mol. The van der Waals surface area contributed by atoms with Crippen LogP contribution in [-0.4, -0.2) is 29.8 Å². The average Bonchev–Trinajstić information content (AvgIpc) is 2.52. The number of rotatable bonds is 5. The van der Waals surface area contributed by atoms with Crippen LogP contribution in [0.3, 0.4) is 0 Å². The van der Waals surface area contributed by atoms with Crippen molar-refractivity contribution in [2.75, 3.05) is 6.54 Å². The van der Waals surface area contributed by atoms with Gasteiger partial charge in [0.2, 0.25) is 0 Å². The Kier molecular flexibility index (Phi) is 6.10. The van der Waals surface area contributed by atoms with Crippen LogP contribution in [0.2, 0.25) is 0 Å². The molecule has 134 valence electrons. The minimum Gasteiger partial charge on any atom is -0.480 e. The van der Waals surface area contributed by atoms with Crippen LogP contribution in [0.15, 0.2) is 24.3 Å². The summed E-state index contributed by atoms with van der Waals surface area (Å²) >= 11 is 0. The van der Waals surface area contributed by atoms with Crippen LogP contribution in [0.4, 0.5) is 13.2 Å². The standard InChI is InChI=1S/C17H22F3NO3/c1-11(16(23)21-10-12-5-4-6-13(22)9-12)24-15-8-3-2-7-14(15)17(18,19)20/h2-3,7-8,11-13,22H,4-6,9-10H2,1H3,(H,21,23). The molecule has 1 aromatic carbocycles. The fourth-order valence-electron chi connectivity index (χ4n) is 2.88. The number of amides is 1. The SMILES string of the molecule is CC(Oc1ccccc1C(F)(F)F)C(=O)NCC1CCCC(O)C1. The minimum atomic E-state index is -4.54. The van der Waals surface area contributed by atoms with E-state index in [2.05, 4.69) is 5.32 Å². The molecule has 0 heterocycles. The van der Waals surface area contributed by atoms with E-state index in [1.807, 2.05) is 0 Å². The van der Waals surface area contributed by atoms with Gasteiger partial charge in [0.1, 0.15) is 5.75 Å². The highest BCUT2D eigenvalue weighted by Crippen LogP contribution is 2.36. The summed E-state index contributed by atoms with van der Waals surface area (Å²) in [5.74, 6) is -0.639. The van der Waals surface area contributed by atoms with Gasteiger partial charge in [-0.3, -0.25) is 4.79 Å². The number of nitrogens with one attached hydrogen (secondary N) is 1. The van der Waals surface area contributed by atoms with Gasteiger partial charge in [0, 0.05) is 6.54 Å². The summed E-state index contributed by atoms with van der Waals surface area (Å²) in [6, 6.07) is 4.82. The summed E-state index contributed by atoms with van der Waals surface area (Å²) < 4.78 is 44.0. The maximum absolute atomic E-state index is 12.9. The Hall–Kier alpha value is -1.76. The highest BCUT2D eigenvalue weighted by Gasteiger charge is 2.34. The molecule has 0 bridgehead atoms. The summed E-state index contributed by atoms with van der Waals surface area (Å²) in [7, 11) is 0. The van der Waals surface area contributed by atoms with Crippen molar-refractivity contribution >= 4 is 5.91 Å². The summed E-state index contributed by atoms with van der Waals surface area (Å²) in [6.07, 6.45) is -2.68. The number of aliphatic hydroxyl groups excluding tert-OH is 1. The highest BCUT2D eigenvalue weighted by molar-refractivity contribution is 5.80. The second-order valence-electron chi connectivity index (χ2n) is 6.19. The van der Waals surface area contributed by atoms with Crippen LogP contribution >= 0.6 is 0 Å². The molecule has 2 rings (SSSR count). The molecule has 0 aromatic heterocycles. The molecular formula is C17H22F3NO3. The van der Waals surface area contributed by atoms with E-state index in [9.17, 15) is 23.1 Å². The molecule has 1 aromatic rings. The topological polar surface area (TPSA) is 58.6 Å². The molecule has 1 amide bonds. The van der Waals surface area contributed by atoms with Gasteiger partial charge in [0.05, 0.1) is 11.7 Å². The molecule has 7 heteroatoms. The summed E-state index contributed by atoms with van der Waals surface area (Å²) in [5.41, 5.74) is -0.903. The van der Waals surface area contributed by atoms with Crippen LogP contribution in [0.1, 0.15) is 38.2 Å². The first-order valence-corrected chi connectivity index (χ1v) is 8.06. The summed E-state index contributed by atoms with van der Waals surface area (Å²) in [4.78, 5) is 12.1. The third-order valence-electron chi connectivity index (χ3n) is 4.19. The van der Waals surface area contributed by atoms with Gasteiger partial charge in [-0.15, -0.1) is 0 Å². The highest BCUT2D eigenvalue weighted by atomic mass is 19.4. The van der Waals surface area contributed by atoms with Crippen molar-refractivity contribution in [3.8, 4) is 5.75 Å². The zero-order valence-electron chi connectivity index (χ0n) is 13.5. The number of carbonyl (C=O) groups is 1. The lowest BCUT2D eigenvalue weighted by atomic mass is 9.87. The van der Waals surface area contributed by atoms with Crippen molar-refractivity contribution in [2.24, 2.45) is 5.92 Å². The fraction of sp³-hybridized carbons (Fsp3) is 0.588. The van der Waals surface area contributed by atoms with Crippen LogP contribution in [0.25, 0.3) is 0 Å². The van der Waals surface area contributed by atoms with Crippen molar-refractivity contribution in [1.82, 2.24) is 5.32 Å². The lowest BCUT2D eigenvalue weighted by Crippen LogP contribution is -2.40. The zero-order chi connectivity index (χ0) is 17.7. The van der Waals surface area contributed by atoms with Crippen LogP contribution in [-0.2, 0) is 11.0 Å². The van der Waals surface area contributed by atoms with E-state index in [1.54, 1.807) is 0 Å². The predicted octanol–water partition coefficient (Wildman–Crippen LogP) is 3.14. The van der Waals surface area contributed by atoms with Crippen molar-refractivity contribution in [1.29, 1.82) is 0 Å². The normalized spacial score (nSPS) is 22.7. The third kappa shape index (κ3) is 5.12. The summed E-state index contributed by atoms with van der Waals surface area (Å²) in [6.45, 7) is 1.81. The second kappa shape index (κ2) is 7.88. The Morgan fingerprint density at radius 2 is 2.08 bits per heavy atom. The molecular weight excluding hydrogens is 323 g/mol. The van der Waals surface area contributed by atoms with Gasteiger partial charge in [-0.05, 0) is 44.2 Å². The molecule has 4 nitrogen and oxygen atoms in total. The predicted molar refractivity (Wildman–Crippen MR) is 82.5 cm³/mol. The molecule has 1 aliphatic carbocycles. The molecule has 1 fully saturated rings. The maximum Gasteiger partial charge on any atom is 0.419 e. The van der Waals surface area contributed by atoms with Gasteiger partial charge in [0.25, 0.3) is 5.91 Å². The molecule has 1 aliphatic rings. The number of benzene rings is 1. The Balaban J connectivity index is 1.90. The Morgan fingerprint density at radius 3 is 2.75 bits per heavy atom. The van der Waals surface area contributed by atoms with Gasteiger partial charge in [-0.25, -0.2) is 0 Å². The third-order valence-corrected chi connectivity index (χ3v) is 4.19. The maximum atomic E-state index is 12.9. The van der Waals surface area contributed by atoms with Crippen molar-refractivity contribution < 1.29 is 27.8 Å². The first kappa shape index (κ1) is 18.6. The Bertz CT molecular complexity index is 562. The molecule has 0 saturated heterocycles. The van der Waals surface area contributed by atoms with Crippen molar-refractivity contribution in [3.05, 3.63) is 29.8 Å². The van der Waals surface area contributed by atoms with E-state index < -0.39 is 23.8 Å². The lowest BCUT2D eigenvalue weighted by molar-refractivity contribution is -0.140. The molecule has 0 spiro atoms. The van der Waals surface area contributed by atoms with Crippen molar-refractivity contribution in [2.45, 2.75) is 51.0 Å². The van der Waals surface area contributed by atoms with Gasteiger partial charge >= 0.3 is 6.18 Å². The number of hydrogen-bond donors (Lipinski definition) is 2. The number of para-hydroxylation sites is 1. The molecule has 2 N–H and O–H groups in total. The van der Waals surface area contributed by atoms with E-state index in [0.717, 1.165) is 25.3 Å². The number of alkyl halides is 3.